The number of hydrogen-bond donors (Lipinski definition) is 2. The molecule has 2 amide bonds. The Hall–Kier alpha value is -2.15. The number of ether oxygens (including phenoxy) is 1. The number of aromatic nitrogens is 1. The largest absolute Gasteiger partial charge is 0.444 e. The molecule has 0 unspecified atom stereocenters. The summed E-state index contributed by atoms with van der Waals surface area (Å²) in [6.07, 6.45) is 3.22. The zero-order valence-corrected chi connectivity index (χ0v) is 16.0. The van der Waals surface area contributed by atoms with Crippen molar-refractivity contribution < 1.29 is 14.3 Å². The van der Waals surface area contributed by atoms with Crippen LogP contribution in [0.15, 0.2) is 24.4 Å². The highest BCUT2D eigenvalue weighted by molar-refractivity contribution is 5.79. The molecule has 0 saturated carbocycles. The first kappa shape index (κ1) is 20.2. The van der Waals surface area contributed by atoms with Crippen LogP contribution in [0.3, 0.4) is 0 Å². The lowest BCUT2D eigenvalue weighted by Crippen LogP contribution is -2.44. The number of rotatable bonds is 6. The molecule has 1 aromatic rings. The van der Waals surface area contributed by atoms with Crippen molar-refractivity contribution in [1.82, 2.24) is 20.5 Å². The molecule has 1 aliphatic rings. The highest BCUT2D eigenvalue weighted by Crippen LogP contribution is 2.18. The van der Waals surface area contributed by atoms with E-state index in [4.69, 9.17) is 4.74 Å². The molecule has 0 aliphatic carbocycles. The molecule has 144 valence electrons. The molecule has 2 heterocycles. The molecule has 0 radical (unpaired) electrons. The van der Waals surface area contributed by atoms with Gasteiger partial charge in [0, 0.05) is 32.4 Å². The highest BCUT2D eigenvalue weighted by atomic mass is 16.6. The van der Waals surface area contributed by atoms with Crippen molar-refractivity contribution in [3.8, 4) is 0 Å². The zero-order chi connectivity index (χ0) is 19.0. The van der Waals surface area contributed by atoms with Crippen LogP contribution < -0.4 is 10.6 Å². The molecule has 2 N–H and O–H groups in total. The molecular weight excluding hydrogens is 332 g/mol. The minimum absolute atomic E-state index is 0.0195. The lowest BCUT2D eigenvalue weighted by atomic mass is 9.97. The quantitative estimate of drug-likeness (QED) is 0.756. The van der Waals surface area contributed by atoms with Crippen LogP contribution in [0.25, 0.3) is 0 Å². The standard InChI is InChI=1S/C19H30N4O3/c1-19(2,3)26-18(25)22-11-10-21-17(24)15-7-6-12-23(13-15)14-16-8-4-5-9-20-16/h4-5,8-9,15H,6-7,10-14H2,1-3H3,(H,21,24)(H,22,25)/t15-/m0/s1. The highest BCUT2D eigenvalue weighted by Gasteiger charge is 2.25. The van der Waals surface area contributed by atoms with Gasteiger partial charge in [0.1, 0.15) is 5.60 Å². The van der Waals surface area contributed by atoms with Crippen molar-refractivity contribution in [2.75, 3.05) is 26.2 Å². The number of carbonyl (C=O) groups is 2. The van der Waals surface area contributed by atoms with Crippen LogP contribution in [0.5, 0.6) is 0 Å². The molecule has 2 rings (SSSR count). The lowest BCUT2D eigenvalue weighted by Gasteiger charge is -2.31. The summed E-state index contributed by atoms with van der Waals surface area (Å²) in [4.78, 5) is 30.6. The summed E-state index contributed by atoms with van der Waals surface area (Å²) < 4.78 is 5.16. The van der Waals surface area contributed by atoms with Crippen molar-refractivity contribution in [3.63, 3.8) is 0 Å². The second kappa shape index (κ2) is 9.52. The van der Waals surface area contributed by atoms with Crippen molar-refractivity contribution >= 4 is 12.0 Å². The first-order chi connectivity index (χ1) is 12.3. The SMILES string of the molecule is CC(C)(C)OC(=O)NCCNC(=O)[C@H]1CCCN(Cc2ccccn2)C1. The molecule has 1 saturated heterocycles. The summed E-state index contributed by atoms with van der Waals surface area (Å²) >= 11 is 0. The summed E-state index contributed by atoms with van der Waals surface area (Å²) in [7, 11) is 0. The van der Waals surface area contributed by atoms with Gasteiger partial charge in [-0.2, -0.15) is 0 Å². The lowest BCUT2D eigenvalue weighted by molar-refractivity contribution is -0.126. The van der Waals surface area contributed by atoms with Gasteiger partial charge in [0.2, 0.25) is 5.91 Å². The van der Waals surface area contributed by atoms with E-state index >= 15 is 0 Å². The van der Waals surface area contributed by atoms with Crippen LogP contribution in [-0.2, 0) is 16.1 Å². The monoisotopic (exact) mass is 362 g/mol. The maximum absolute atomic E-state index is 12.4. The fourth-order valence-electron chi connectivity index (χ4n) is 2.94. The minimum Gasteiger partial charge on any atom is -0.444 e. The third-order valence-corrected chi connectivity index (χ3v) is 4.08. The van der Waals surface area contributed by atoms with E-state index < -0.39 is 11.7 Å². The predicted octanol–water partition coefficient (Wildman–Crippen LogP) is 1.93. The Kier molecular flexibility index (Phi) is 7.38. The fourth-order valence-corrected chi connectivity index (χ4v) is 2.94. The molecular formula is C19H30N4O3. The number of piperidine rings is 1. The minimum atomic E-state index is -0.521. The molecule has 7 nitrogen and oxygen atoms in total. The number of likely N-dealkylation sites (tertiary alicyclic amines) is 1. The predicted molar refractivity (Wildman–Crippen MR) is 99.5 cm³/mol. The Balaban J connectivity index is 1.68. The summed E-state index contributed by atoms with van der Waals surface area (Å²) in [5, 5.41) is 5.55. The van der Waals surface area contributed by atoms with Crippen molar-refractivity contribution in [1.29, 1.82) is 0 Å². The van der Waals surface area contributed by atoms with Crippen LogP contribution in [-0.4, -0.2) is 53.7 Å². The molecule has 26 heavy (non-hydrogen) atoms. The van der Waals surface area contributed by atoms with Crippen molar-refractivity contribution in [2.24, 2.45) is 5.92 Å². The van der Waals surface area contributed by atoms with Gasteiger partial charge < -0.3 is 15.4 Å². The maximum Gasteiger partial charge on any atom is 0.407 e. The van der Waals surface area contributed by atoms with E-state index in [1.54, 1.807) is 6.20 Å². The average Bonchev–Trinajstić information content (AvgIpc) is 2.58. The topological polar surface area (TPSA) is 83.6 Å². The van der Waals surface area contributed by atoms with Gasteiger partial charge in [-0.1, -0.05) is 6.07 Å². The van der Waals surface area contributed by atoms with Crippen LogP contribution in [0.4, 0.5) is 4.79 Å². The molecule has 1 atom stereocenters. The van der Waals surface area contributed by atoms with E-state index in [0.717, 1.165) is 38.2 Å². The van der Waals surface area contributed by atoms with E-state index in [1.807, 2.05) is 39.0 Å². The molecule has 0 bridgehead atoms. The number of nitrogens with zero attached hydrogens (tertiary/aromatic N) is 2. The Morgan fingerprint density at radius 2 is 2.04 bits per heavy atom. The Morgan fingerprint density at radius 1 is 1.27 bits per heavy atom. The van der Waals surface area contributed by atoms with E-state index in [-0.39, 0.29) is 11.8 Å². The number of carbonyl (C=O) groups excluding carboxylic acids is 2. The fraction of sp³-hybridized carbons (Fsp3) is 0.632. The van der Waals surface area contributed by atoms with Crippen LogP contribution in [0.2, 0.25) is 0 Å². The third kappa shape index (κ3) is 7.39. The Labute approximate surface area is 155 Å². The smallest absolute Gasteiger partial charge is 0.407 e. The number of amides is 2. The number of hydrogen-bond acceptors (Lipinski definition) is 5. The van der Waals surface area contributed by atoms with Gasteiger partial charge in [0.25, 0.3) is 0 Å². The molecule has 0 aromatic carbocycles. The second-order valence-corrected chi connectivity index (χ2v) is 7.62. The molecule has 1 aliphatic heterocycles. The second-order valence-electron chi connectivity index (χ2n) is 7.62. The molecule has 1 fully saturated rings. The van der Waals surface area contributed by atoms with E-state index in [1.165, 1.54) is 0 Å². The van der Waals surface area contributed by atoms with Crippen molar-refractivity contribution in [2.45, 2.75) is 45.8 Å². The molecule has 1 aromatic heterocycles. The zero-order valence-electron chi connectivity index (χ0n) is 16.0. The van der Waals surface area contributed by atoms with Crippen LogP contribution in [0, 0.1) is 5.92 Å². The van der Waals surface area contributed by atoms with Gasteiger partial charge in [-0.05, 0) is 52.3 Å². The Morgan fingerprint density at radius 3 is 2.73 bits per heavy atom. The van der Waals surface area contributed by atoms with E-state index in [2.05, 4.69) is 20.5 Å². The van der Waals surface area contributed by atoms with Crippen molar-refractivity contribution in [3.05, 3.63) is 30.1 Å². The van der Waals surface area contributed by atoms with Gasteiger partial charge in [-0.15, -0.1) is 0 Å². The average molecular weight is 362 g/mol. The summed E-state index contributed by atoms with van der Waals surface area (Å²) in [6.45, 7) is 8.68. The van der Waals surface area contributed by atoms with Gasteiger partial charge in [-0.25, -0.2) is 4.79 Å². The van der Waals surface area contributed by atoms with Gasteiger partial charge in [-0.3, -0.25) is 14.7 Å². The van der Waals surface area contributed by atoms with Gasteiger partial charge in [0.05, 0.1) is 11.6 Å². The summed E-state index contributed by atoms with van der Waals surface area (Å²) in [5.41, 5.74) is 0.502. The van der Waals surface area contributed by atoms with E-state index in [9.17, 15) is 9.59 Å². The molecule has 7 heteroatoms. The third-order valence-electron chi connectivity index (χ3n) is 4.08. The number of pyridine rings is 1. The summed E-state index contributed by atoms with van der Waals surface area (Å²) in [5.74, 6) is 0.0238. The van der Waals surface area contributed by atoms with Gasteiger partial charge in [0.15, 0.2) is 0 Å². The normalized spacial score (nSPS) is 18.2. The van der Waals surface area contributed by atoms with Gasteiger partial charge >= 0.3 is 6.09 Å². The van der Waals surface area contributed by atoms with Crippen LogP contribution >= 0.6 is 0 Å². The first-order valence-electron chi connectivity index (χ1n) is 9.20. The van der Waals surface area contributed by atoms with E-state index in [0.29, 0.717) is 13.1 Å². The Bertz CT molecular complexity index is 586. The number of alkyl carbamates (subject to hydrolysis) is 1. The maximum atomic E-state index is 12.4. The first-order valence-corrected chi connectivity index (χ1v) is 9.20. The summed E-state index contributed by atoms with van der Waals surface area (Å²) in [6, 6.07) is 5.89. The number of nitrogens with one attached hydrogen (secondary N) is 2. The molecule has 0 spiro atoms. The van der Waals surface area contributed by atoms with Crippen LogP contribution in [0.1, 0.15) is 39.3 Å².